The lowest BCUT2D eigenvalue weighted by Crippen LogP contribution is -2.46. The predicted molar refractivity (Wildman–Crippen MR) is 46.3 cm³/mol. The Morgan fingerprint density at radius 1 is 1.38 bits per heavy atom. The second-order valence-electron chi connectivity index (χ2n) is 3.60. The fraction of sp³-hybridized carbons (Fsp3) is 0.889. The van der Waals surface area contributed by atoms with Crippen molar-refractivity contribution < 1.29 is 14.3 Å². The molecule has 0 spiro atoms. The molecule has 0 unspecified atom stereocenters. The summed E-state index contributed by atoms with van der Waals surface area (Å²) in [7, 11) is 0. The van der Waals surface area contributed by atoms with Crippen LogP contribution in [0.2, 0.25) is 0 Å². The van der Waals surface area contributed by atoms with E-state index >= 15 is 0 Å². The molecule has 0 aliphatic carbocycles. The third-order valence-corrected chi connectivity index (χ3v) is 2.49. The first kappa shape index (κ1) is 8.97. The maximum Gasteiger partial charge on any atom is 0.323 e. The van der Waals surface area contributed by atoms with Crippen LogP contribution in [0, 0.1) is 0 Å². The molecule has 74 valence electrons. The number of ether oxygens (including phenoxy) is 2. The summed E-state index contributed by atoms with van der Waals surface area (Å²) in [5.41, 5.74) is 0. The van der Waals surface area contributed by atoms with E-state index in [2.05, 4.69) is 5.32 Å². The van der Waals surface area contributed by atoms with Gasteiger partial charge in [-0.1, -0.05) is 6.42 Å². The van der Waals surface area contributed by atoms with Crippen LogP contribution in [0.3, 0.4) is 0 Å². The highest BCUT2D eigenvalue weighted by atomic mass is 16.6. The third kappa shape index (κ3) is 2.19. The van der Waals surface area contributed by atoms with Crippen LogP contribution in [-0.2, 0) is 14.3 Å². The molecule has 0 radical (unpaired) electrons. The lowest BCUT2D eigenvalue weighted by molar-refractivity contribution is -0.175. The fourth-order valence-corrected chi connectivity index (χ4v) is 1.58. The van der Waals surface area contributed by atoms with Crippen molar-refractivity contribution >= 4 is 5.97 Å². The van der Waals surface area contributed by atoms with Crippen molar-refractivity contribution in [1.29, 1.82) is 0 Å². The van der Waals surface area contributed by atoms with Gasteiger partial charge in [0.1, 0.15) is 12.1 Å². The van der Waals surface area contributed by atoms with Gasteiger partial charge in [-0.15, -0.1) is 0 Å². The van der Waals surface area contributed by atoms with Crippen molar-refractivity contribution in [1.82, 2.24) is 5.32 Å². The minimum Gasteiger partial charge on any atom is -0.456 e. The van der Waals surface area contributed by atoms with Crippen LogP contribution in [0.25, 0.3) is 0 Å². The SMILES string of the molecule is O=C(OC1COC1)[C@@H]1CCCCN1. The number of carbonyl (C=O) groups excluding carboxylic acids is 1. The molecule has 2 saturated heterocycles. The van der Waals surface area contributed by atoms with E-state index in [1.165, 1.54) is 0 Å². The van der Waals surface area contributed by atoms with Gasteiger partial charge < -0.3 is 14.8 Å². The second kappa shape index (κ2) is 4.07. The van der Waals surface area contributed by atoms with Crippen LogP contribution in [0.1, 0.15) is 19.3 Å². The van der Waals surface area contributed by atoms with E-state index in [0.717, 1.165) is 25.8 Å². The summed E-state index contributed by atoms with van der Waals surface area (Å²) >= 11 is 0. The van der Waals surface area contributed by atoms with Gasteiger partial charge in [-0.25, -0.2) is 0 Å². The van der Waals surface area contributed by atoms with Crippen molar-refractivity contribution in [2.45, 2.75) is 31.4 Å². The summed E-state index contributed by atoms with van der Waals surface area (Å²) in [4.78, 5) is 11.5. The lowest BCUT2D eigenvalue weighted by Gasteiger charge is -2.29. The molecule has 2 rings (SSSR count). The Morgan fingerprint density at radius 2 is 2.23 bits per heavy atom. The first-order valence-electron chi connectivity index (χ1n) is 4.88. The number of carbonyl (C=O) groups is 1. The molecule has 2 aliphatic heterocycles. The van der Waals surface area contributed by atoms with Gasteiger partial charge in [0.2, 0.25) is 0 Å². The Bertz CT molecular complexity index is 185. The highest BCUT2D eigenvalue weighted by Crippen LogP contribution is 2.12. The van der Waals surface area contributed by atoms with E-state index in [1.807, 2.05) is 0 Å². The van der Waals surface area contributed by atoms with Crippen molar-refractivity contribution in [2.75, 3.05) is 19.8 Å². The fourth-order valence-electron chi connectivity index (χ4n) is 1.58. The quantitative estimate of drug-likeness (QED) is 0.618. The van der Waals surface area contributed by atoms with E-state index in [0.29, 0.717) is 13.2 Å². The Hall–Kier alpha value is -0.610. The molecular formula is C9H15NO3. The van der Waals surface area contributed by atoms with Gasteiger partial charge in [-0.2, -0.15) is 0 Å². The van der Waals surface area contributed by atoms with E-state index < -0.39 is 0 Å². The van der Waals surface area contributed by atoms with Gasteiger partial charge in [0.25, 0.3) is 0 Å². The first-order chi connectivity index (χ1) is 6.36. The van der Waals surface area contributed by atoms with Gasteiger partial charge in [-0.3, -0.25) is 4.79 Å². The van der Waals surface area contributed by atoms with Crippen LogP contribution >= 0.6 is 0 Å². The molecule has 0 saturated carbocycles. The Labute approximate surface area is 77.6 Å². The molecule has 4 nitrogen and oxygen atoms in total. The zero-order chi connectivity index (χ0) is 9.10. The average molecular weight is 185 g/mol. The van der Waals surface area contributed by atoms with Gasteiger partial charge in [0.15, 0.2) is 0 Å². The van der Waals surface area contributed by atoms with Crippen LogP contribution < -0.4 is 5.32 Å². The standard InChI is InChI=1S/C9H15NO3/c11-9(13-7-5-12-6-7)8-3-1-2-4-10-8/h7-8,10H,1-6H2/t8-/m0/s1. The summed E-state index contributed by atoms with van der Waals surface area (Å²) < 4.78 is 10.1. The first-order valence-corrected chi connectivity index (χ1v) is 4.88. The van der Waals surface area contributed by atoms with Crippen molar-refractivity contribution in [3.05, 3.63) is 0 Å². The second-order valence-corrected chi connectivity index (χ2v) is 3.60. The molecule has 2 heterocycles. The zero-order valence-corrected chi connectivity index (χ0v) is 7.62. The number of nitrogens with one attached hydrogen (secondary N) is 1. The maximum atomic E-state index is 11.5. The third-order valence-electron chi connectivity index (χ3n) is 2.49. The molecular weight excluding hydrogens is 170 g/mol. The van der Waals surface area contributed by atoms with Crippen molar-refractivity contribution in [3.63, 3.8) is 0 Å². The summed E-state index contributed by atoms with van der Waals surface area (Å²) in [6, 6.07) is -0.0747. The summed E-state index contributed by atoms with van der Waals surface area (Å²) in [6.07, 6.45) is 3.20. The minimum atomic E-state index is -0.104. The molecule has 2 fully saturated rings. The zero-order valence-electron chi connectivity index (χ0n) is 7.62. The molecule has 1 N–H and O–H groups in total. The number of piperidine rings is 1. The molecule has 0 bridgehead atoms. The molecule has 0 aromatic carbocycles. The van der Waals surface area contributed by atoms with Gasteiger partial charge in [0, 0.05) is 0 Å². The van der Waals surface area contributed by atoms with Crippen LogP contribution in [0.5, 0.6) is 0 Å². The summed E-state index contributed by atoms with van der Waals surface area (Å²) in [5.74, 6) is -0.104. The van der Waals surface area contributed by atoms with Crippen LogP contribution in [0.4, 0.5) is 0 Å². The number of hydrogen-bond acceptors (Lipinski definition) is 4. The molecule has 13 heavy (non-hydrogen) atoms. The number of esters is 1. The Kier molecular flexibility index (Phi) is 2.80. The van der Waals surface area contributed by atoms with Crippen molar-refractivity contribution in [3.8, 4) is 0 Å². The lowest BCUT2D eigenvalue weighted by atomic mass is 10.1. The smallest absolute Gasteiger partial charge is 0.323 e. The molecule has 1 atom stereocenters. The summed E-state index contributed by atoms with van der Waals surface area (Å²) in [5, 5.41) is 3.16. The predicted octanol–water partition coefficient (Wildman–Crippen LogP) is 0.0705. The van der Waals surface area contributed by atoms with Crippen molar-refractivity contribution in [2.24, 2.45) is 0 Å². The van der Waals surface area contributed by atoms with E-state index in [-0.39, 0.29) is 18.1 Å². The molecule has 2 aliphatic rings. The molecule has 0 aromatic rings. The van der Waals surface area contributed by atoms with Gasteiger partial charge >= 0.3 is 5.97 Å². The highest BCUT2D eigenvalue weighted by molar-refractivity contribution is 5.76. The van der Waals surface area contributed by atoms with Gasteiger partial charge in [-0.05, 0) is 19.4 Å². The Balaban J connectivity index is 1.74. The maximum absolute atomic E-state index is 11.5. The molecule has 0 amide bonds. The van der Waals surface area contributed by atoms with Gasteiger partial charge in [0.05, 0.1) is 13.2 Å². The Morgan fingerprint density at radius 3 is 2.77 bits per heavy atom. The average Bonchev–Trinajstić information content (AvgIpc) is 2.12. The highest BCUT2D eigenvalue weighted by Gasteiger charge is 2.28. The molecule has 4 heteroatoms. The monoisotopic (exact) mass is 185 g/mol. The summed E-state index contributed by atoms with van der Waals surface area (Å²) in [6.45, 7) is 2.07. The van der Waals surface area contributed by atoms with Crippen LogP contribution in [0.15, 0.2) is 0 Å². The largest absolute Gasteiger partial charge is 0.456 e. The van der Waals surface area contributed by atoms with E-state index in [4.69, 9.17) is 9.47 Å². The van der Waals surface area contributed by atoms with E-state index in [1.54, 1.807) is 0 Å². The number of rotatable bonds is 2. The minimum absolute atomic E-state index is 0.0104. The number of hydrogen-bond donors (Lipinski definition) is 1. The van der Waals surface area contributed by atoms with E-state index in [9.17, 15) is 4.79 Å². The van der Waals surface area contributed by atoms with Crippen LogP contribution in [-0.4, -0.2) is 37.9 Å². The topological polar surface area (TPSA) is 47.6 Å². The molecule has 0 aromatic heterocycles. The normalized spacial score (nSPS) is 29.4.